The molecule has 0 radical (unpaired) electrons. The third-order valence-corrected chi connectivity index (χ3v) is 5.06. The topological polar surface area (TPSA) is 61.0 Å². The van der Waals surface area contributed by atoms with Crippen molar-refractivity contribution in [1.29, 1.82) is 0 Å². The van der Waals surface area contributed by atoms with Gasteiger partial charge in [0.15, 0.2) is 0 Å². The van der Waals surface area contributed by atoms with Crippen LogP contribution in [-0.2, 0) is 17.8 Å². The van der Waals surface area contributed by atoms with E-state index in [0.29, 0.717) is 12.3 Å². The summed E-state index contributed by atoms with van der Waals surface area (Å²) in [5.74, 6) is 0.626. The predicted molar refractivity (Wildman–Crippen MR) is 99.2 cm³/mol. The Bertz CT molecular complexity index is 675. The van der Waals surface area contributed by atoms with E-state index in [-0.39, 0.29) is 5.91 Å². The minimum Gasteiger partial charge on any atom is -0.355 e. The summed E-state index contributed by atoms with van der Waals surface area (Å²) in [5, 5.41) is 10.2. The standard InChI is InChI=1S/C20H28N4O/c1-15-19(16(2)23-22-15)11-20(25)21-12-18-9-6-10-24(14-18)13-17-7-4-3-5-8-17/h3-5,7-8,18H,6,9-14H2,1-2H3,(H,21,25)(H,22,23). The van der Waals surface area contributed by atoms with Crippen molar-refractivity contribution in [1.82, 2.24) is 20.4 Å². The molecular weight excluding hydrogens is 312 g/mol. The number of nitrogens with one attached hydrogen (secondary N) is 2. The average Bonchev–Trinajstić information content (AvgIpc) is 2.93. The molecule has 1 atom stereocenters. The van der Waals surface area contributed by atoms with Gasteiger partial charge in [-0.3, -0.25) is 14.8 Å². The molecule has 5 nitrogen and oxygen atoms in total. The minimum atomic E-state index is 0.0905. The molecule has 0 saturated carbocycles. The second-order valence-electron chi connectivity index (χ2n) is 7.12. The number of aryl methyl sites for hydroxylation is 2. The number of nitrogens with zero attached hydrogens (tertiary/aromatic N) is 2. The average molecular weight is 340 g/mol. The van der Waals surface area contributed by atoms with Crippen molar-refractivity contribution in [2.45, 2.75) is 39.7 Å². The molecule has 1 aliphatic rings. The number of amides is 1. The van der Waals surface area contributed by atoms with E-state index in [4.69, 9.17) is 0 Å². The molecule has 5 heteroatoms. The zero-order valence-corrected chi connectivity index (χ0v) is 15.2. The summed E-state index contributed by atoms with van der Waals surface area (Å²) in [6.45, 7) is 7.87. The van der Waals surface area contributed by atoms with E-state index in [1.54, 1.807) is 0 Å². The van der Waals surface area contributed by atoms with Crippen LogP contribution in [0.15, 0.2) is 30.3 Å². The van der Waals surface area contributed by atoms with Crippen LogP contribution < -0.4 is 5.32 Å². The summed E-state index contributed by atoms with van der Waals surface area (Å²) < 4.78 is 0. The van der Waals surface area contributed by atoms with Gasteiger partial charge in [0.1, 0.15) is 0 Å². The van der Waals surface area contributed by atoms with Gasteiger partial charge in [-0.15, -0.1) is 0 Å². The van der Waals surface area contributed by atoms with Crippen molar-refractivity contribution in [3.05, 3.63) is 52.8 Å². The lowest BCUT2D eigenvalue weighted by atomic mass is 9.97. The summed E-state index contributed by atoms with van der Waals surface area (Å²) in [5.41, 5.74) is 4.28. The number of aromatic nitrogens is 2. The van der Waals surface area contributed by atoms with Gasteiger partial charge in [-0.05, 0) is 44.7 Å². The van der Waals surface area contributed by atoms with E-state index < -0.39 is 0 Å². The van der Waals surface area contributed by atoms with Gasteiger partial charge in [0, 0.05) is 30.9 Å². The number of likely N-dealkylation sites (tertiary alicyclic amines) is 1. The fourth-order valence-electron chi connectivity index (χ4n) is 3.62. The highest BCUT2D eigenvalue weighted by molar-refractivity contribution is 5.79. The SMILES string of the molecule is Cc1n[nH]c(C)c1CC(=O)NCC1CCCN(Cc2ccccc2)C1. The van der Waals surface area contributed by atoms with Gasteiger partial charge in [-0.1, -0.05) is 30.3 Å². The van der Waals surface area contributed by atoms with Gasteiger partial charge >= 0.3 is 0 Å². The molecule has 1 aromatic carbocycles. The molecule has 1 fully saturated rings. The second-order valence-corrected chi connectivity index (χ2v) is 7.12. The fraction of sp³-hybridized carbons (Fsp3) is 0.500. The Balaban J connectivity index is 1.45. The molecule has 1 amide bonds. The molecule has 25 heavy (non-hydrogen) atoms. The van der Waals surface area contributed by atoms with Crippen molar-refractivity contribution in [3.8, 4) is 0 Å². The molecule has 1 aromatic heterocycles. The first-order valence-corrected chi connectivity index (χ1v) is 9.15. The highest BCUT2D eigenvalue weighted by Gasteiger charge is 2.21. The van der Waals surface area contributed by atoms with Crippen LogP contribution in [0.1, 0.15) is 35.4 Å². The Morgan fingerprint density at radius 2 is 2.12 bits per heavy atom. The molecule has 1 unspecified atom stereocenters. The normalized spacial score (nSPS) is 18.2. The number of rotatable bonds is 6. The molecule has 134 valence electrons. The smallest absolute Gasteiger partial charge is 0.224 e. The largest absolute Gasteiger partial charge is 0.355 e. The van der Waals surface area contributed by atoms with Gasteiger partial charge in [-0.25, -0.2) is 0 Å². The molecule has 2 heterocycles. The van der Waals surface area contributed by atoms with Crippen LogP contribution >= 0.6 is 0 Å². The predicted octanol–water partition coefficient (Wildman–Crippen LogP) is 2.60. The second kappa shape index (κ2) is 8.30. The lowest BCUT2D eigenvalue weighted by Crippen LogP contribution is -2.40. The Kier molecular flexibility index (Phi) is 5.87. The quantitative estimate of drug-likeness (QED) is 0.850. The zero-order chi connectivity index (χ0) is 17.6. The molecule has 2 N–H and O–H groups in total. The summed E-state index contributed by atoms with van der Waals surface area (Å²) in [6, 6.07) is 10.6. The maximum Gasteiger partial charge on any atom is 0.224 e. The van der Waals surface area contributed by atoms with Gasteiger partial charge < -0.3 is 5.32 Å². The van der Waals surface area contributed by atoms with E-state index in [1.165, 1.54) is 18.4 Å². The van der Waals surface area contributed by atoms with E-state index in [2.05, 4.69) is 50.7 Å². The zero-order valence-electron chi connectivity index (χ0n) is 15.2. The molecule has 3 rings (SSSR count). The van der Waals surface area contributed by atoms with Gasteiger partial charge in [0.2, 0.25) is 5.91 Å². The van der Waals surface area contributed by atoms with Crippen LogP contribution in [0.3, 0.4) is 0 Å². The van der Waals surface area contributed by atoms with Crippen LogP contribution in [0.5, 0.6) is 0 Å². The Labute approximate surface area is 149 Å². The lowest BCUT2D eigenvalue weighted by Gasteiger charge is -2.32. The van der Waals surface area contributed by atoms with Crippen molar-refractivity contribution < 1.29 is 4.79 Å². The van der Waals surface area contributed by atoms with Gasteiger partial charge in [-0.2, -0.15) is 5.10 Å². The number of hydrogen-bond donors (Lipinski definition) is 2. The summed E-state index contributed by atoms with van der Waals surface area (Å²) in [4.78, 5) is 14.8. The summed E-state index contributed by atoms with van der Waals surface area (Å²) in [7, 11) is 0. The van der Waals surface area contributed by atoms with E-state index in [0.717, 1.165) is 43.1 Å². The van der Waals surface area contributed by atoms with Crippen LogP contribution in [0.25, 0.3) is 0 Å². The first-order chi connectivity index (χ1) is 12.1. The van der Waals surface area contributed by atoms with Crippen molar-refractivity contribution >= 4 is 5.91 Å². The maximum atomic E-state index is 12.3. The highest BCUT2D eigenvalue weighted by atomic mass is 16.1. The molecular formula is C20H28N4O. The molecule has 0 bridgehead atoms. The maximum absolute atomic E-state index is 12.3. The fourth-order valence-corrected chi connectivity index (χ4v) is 3.62. The third kappa shape index (κ3) is 4.92. The number of piperidine rings is 1. The minimum absolute atomic E-state index is 0.0905. The van der Waals surface area contributed by atoms with Crippen LogP contribution in [0.4, 0.5) is 0 Å². The first-order valence-electron chi connectivity index (χ1n) is 9.15. The van der Waals surface area contributed by atoms with E-state index >= 15 is 0 Å². The van der Waals surface area contributed by atoms with Crippen LogP contribution in [-0.4, -0.2) is 40.6 Å². The van der Waals surface area contributed by atoms with Crippen molar-refractivity contribution in [3.63, 3.8) is 0 Å². The summed E-state index contributed by atoms with van der Waals surface area (Å²) >= 11 is 0. The number of carbonyl (C=O) groups is 1. The van der Waals surface area contributed by atoms with Crippen molar-refractivity contribution in [2.24, 2.45) is 5.92 Å². The monoisotopic (exact) mass is 340 g/mol. The van der Waals surface area contributed by atoms with Gasteiger partial charge in [0.05, 0.1) is 12.1 Å². The number of hydrogen-bond acceptors (Lipinski definition) is 3. The van der Waals surface area contributed by atoms with E-state index in [1.807, 2.05) is 13.8 Å². The molecule has 1 saturated heterocycles. The third-order valence-electron chi connectivity index (χ3n) is 5.06. The summed E-state index contributed by atoms with van der Waals surface area (Å²) in [6.07, 6.45) is 2.80. The number of aromatic amines is 1. The van der Waals surface area contributed by atoms with Gasteiger partial charge in [0.25, 0.3) is 0 Å². The molecule has 1 aliphatic heterocycles. The Morgan fingerprint density at radius 3 is 2.84 bits per heavy atom. The highest BCUT2D eigenvalue weighted by Crippen LogP contribution is 2.18. The van der Waals surface area contributed by atoms with Crippen LogP contribution in [0.2, 0.25) is 0 Å². The van der Waals surface area contributed by atoms with E-state index in [9.17, 15) is 4.79 Å². The number of benzene rings is 1. The number of H-pyrrole nitrogens is 1. The first kappa shape index (κ1) is 17.7. The molecule has 2 aromatic rings. The Hall–Kier alpha value is -2.14. The van der Waals surface area contributed by atoms with Crippen molar-refractivity contribution in [2.75, 3.05) is 19.6 Å². The Morgan fingerprint density at radius 1 is 1.32 bits per heavy atom. The molecule has 0 spiro atoms. The molecule has 0 aliphatic carbocycles. The number of carbonyl (C=O) groups excluding carboxylic acids is 1. The lowest BCUT2D eigenvalue weighted by molar-refractivity contribution is -0.120. The van der Waals surface area contributed by atoms with Crippen LogP contribution in [0, 0.1) is 19.8 Å².